The molecule has 1 aromatic heterocycles. The number of carbonyl (C=O) groups excluding carboxylic acids is 1. The van der Waals surface area contributed by atoms with Crippen molar-refractivity contribution in [2.75, 3.05) is 25.0 Å². The number of likely N-dealkylation sites (tertiary alicyclic amines) is 1. The third-order valence-corrected chi connectivity index (χ3v) is 4.18. The van der Waals surface area contributed by atoms with Crippen molar-refractivity contribution < 1.29 is 14.1 Å². The van der Waals surface area contributed by atoms with Crippen LogP contribution in [0.1, 0.15) is 37.1 Å². The predicted octanol–water partition coefficient (Wildman–Crippen LogP) is 3.16. The molecular formula is C18H23N3O3. The van der Waals surface area contributed by atoms with E-state index in [4.69, 9.17) is 9.26 Å². The van der Waals surface area contributed by atoms with Gasteiger partial charge in [0.05, 0.1) is 18.8 Å². The summed E-state index contributed by atoms with van der Waals surface area (Å²) in [6.45, 7) is 5.72. The molecule has 1 aliphatic rings. The molecule has 1 aliphatic heterocycles. The minimum Gasteiger partial charge on any atom is -0.494 e. The first kappa shape index (κ1) is 16.5. The van der Waals surface area contributed by atoms with Gasteiger partial charge in [0.25, 0.3) is 0 Å². The summed E-state index contributed by atoms with van der Waals surface area (Å²) in [4.78, 5) is 14.4. The van der Waals surface area contributed by atoms with Crippen LogP contribution in [0.2, 0.25) is 0 Å². The van der Waals surface area contributed by atoms with Crippen LogP contribution in [0.4, 0.5) is 5.88 Å². The number of anilines is 1. The summed E-state index contributed by atoms with van der Waals surface area (Å²) in [6, 6.07) is 10.1. The molecule has 6 nitrogen and oxygen atoms in total. The van der Waals surface area contributed by atoms with Gasteiger partial charge in [-0.05, 0) is 50.9 Å². The summed E-state index contributed by atoms with van der Waals surface area (Å²) < 4.78 is 10.5. The van der Waals surface area contributed by atoms with Crippen LogP contribution >= 0.6 is 0 Å². The molecule has 0 bridgehead atoms. The number of benzene rings is 1. The molecule has 1 aromatic carbocycles. The molecule has 0 spiro atoms. The summed E-state index contributed by atoms with van der Waals surface area (Å²) in [5.74, 6) is 1.20. The lowest BCUT2D eigenvalue weighted by molar-refractivity contribution is -0.117. The van der Waals surface area contributed by atoms with Gasteiger partial charge in [0, 0.05) is 12.1 Å². The Morgan fingerprint density at radius 3 is 2.88 bits per heavy atom. The van der Waals surface area contributed by atoms with Gasteiger partial charge in [0.2, 0.25) is 11.8 Å². The zero-order valence-corrected chi connectivity index (χ0v) is 14.1. The second kappa shape index (κ2) is 7.49. The number of aromatic nitrogens is 1. The fourth-order valence-corrected chi connectivity index (χ4v) is 3.13. The fraction of sp³-hybridized carbons (Fsp3) is 0.444. The van der Waals surface area contributed by atoms with Crippen molar-refractivity contribution >= 4 is 11.8 Å². The first-order valence-corrected chi connectivity index (χ1v) is 8.35. The maximum Gasteiger partial charge on any atom is 0.240 e. The highest BCUT2D eigenvalue weighted by molar-refractivity contribution is 5.91. The summed E-state index contributed by atoms with van der Waals surface area (Å²) >= 11 is 0. The van der Waals surface area contributed by atoms with Crippen molar-refractivity contribution in [1.29, 1.82) is 0 Å². The highest BCUT2D eigenvalue weighted by Crippen LogP contribution is 2.32. The number of hydrogen-bond acceptors (Lipinski definition) is 5. The minimum atomic E-state index is -0.0796. The molecule has 1 fully saturated rings. The van der Waals surface area contributed by atoms with E-state index < -0.39 is 0 Å². The van der Waals surface area contributed by atoms with E-state index in [9.17, 15) is 4.79 Å². The molecule has 1 saturated heterocycles. The van der Waals surface area contributed by atoms with E-state index in [2.05, 4.69) is 27.5 Å². The molecule has 1 amide bonds. The number of aryl methyl sites for hydroxylation is 1. The van der Waals surface area contributed by atoms with Gasteiger partial charge in [-0.3, -0.25) is 15.0 Å². The standard InChI is InChI=1S/C18H23N3O3/c1-3-23-15-8-6-14(7-9-15)16-5-4-10-21(16)12-17(22)19-18-11-13(2)20-24-18/h6-9,11,16H,3-5,10,12H2,1-2H3,(H,19,22). The highest BCUT2D eigenvalue weighted by atomic mass is 16.5. The quantitative estimate of drug-likeness (QED) is 0.882. The second-order valence-electron chi connectivity index (χ2n) is 6.01. The van der Waals surface area contributed by atoms with E-state index in [1.807, 2.05) is 26.0 Å². The van der Waals surface area contributed by atoms with Crippen molar-refractivity contribution in [2.45, 2.75) is 32.7 Å². The smallest absolute Gasteiger partial charge is 0.240 e. The molecule has 24 heavy (non-hydrogen) atoms. The van der Waals surface area contributed by atoms with Gasteiger partial charge in [-0.15, -0.1) is 0 Å². The van der Waals surface area contributed by atoms with Crippen LogP contribution in [0.25, 0.3) is 0 Å². The number of nitrogens with one attached hydrogen (secondary N) is 1. The van der Waals surface area contributed by atoms with Gasteiger partial charge in [0.15, 0.2) is 0 Å². The van der Waals surface area contributed by atoms with E-state index in [0.29, 0.717) is 19.0 Å². The third-order valence-electron chi connectivity index (χ3n) is 4.18. The van der Waals surface area contributed by atoms with Crippen LogP contribution in [0.5, 0.6) is 5.75 Å². The Morgan fingerprint density at radius 2 is 2.21 bits per heavy atom. The van der Waals surface area contributed by atoms with Crippen LogP contribution in [0, 0.1) is 6.92 Å². The second-order valence-corrected chi connectivity index (χ2v) is 6.01. The van der Waals surface area contributed by atoms with Crippen molar-refractivity contribution in [1.82, 2.24) is 10.1 Å². The molecule has 1 unspecified atom stereocenters. The SMILES string of the molecule is CCOc1ccc(C2CCCN2CC(=O)Nc2cc(C)no2)cc1. The molecule has 1 atom stereocenters. The molecule has 0 saturated carbocycles. The lowest BCUT2D eigenvalue weighted by Crippen LogP contribution is -2.32. The van der Waals surface area contributed by atoms with E-state index in [0.717, 1.165) is 30.8 Å². The summed E-state index contributed by atoms with van der Waals surface area (Å²) in [7, 11) is 0. The first-order chi connectivity index (χ1) is 11.7. The number of carbonyl (C=O) groups is 1. The molecule has 0 radical (unpaired) electrons. The Morgan fingerprint density at radius 1 is 1.42 bits per heavy atom. The third kappa shape index (κ3) is 3.94. The minimum absolute atomic E-state index is 0.0796. The van der Waals surface area contributed by atoms with Gasteiger partial charge in [-0.1, -0.05) is 17.3 Å². The number of amides is 1. The van der Waals surface area contributed by atoms with E-state index in [1.54, 1.807) is 6.07 Å². The summed E-state index contributed by atoms with van der Waals surface area (Å²) in [6.07, 6.45) is 2.15. The van der Waals surface area contributed by atoms with Crippen LogP contribution in [-0.2, 0) is 4.79 Å². The van der Waals surface area contributed by atoms with Gasteiger partial charge in [-0.25, -0.2) is 0 Å². The topological polar surface area (TPSA) is 67.6 Å². The summed E-state index contributed by atoms with van der Waals surface area (Å²) in [5, 5.41) is 6.53. The van der Waals surface area contributed by atoms with E-state index in [-0.39, 0.29) is 11.9 Å². The Balaban J connectivity index is 1.61. The molecule has 2 aromatic rings. The summed E-state index contributed by atoms with van der Waals surface area (Å²) in [5.41, 5.74) is 1.97. The maximum atomic E-state index is 12.2. The molecule has 0 aliphatic carbocycles. The lowest BCUT2D eigenvalue weighted by Gasteiger charge is -2.24. The zero-order chi connectivity index (χ0) is 16.9. The molecule has 1 N–H and O–H groups in total. The van der Waals surface area contributed by atoms with E-state index >= 15 is 0 Å². The number of hydrogen-bond donors (Lipinski definition) is 1. The lowest BCUT2D eigenvalue weighted by atomic mass is 10.0. The average molecular weight is 329 g/mol. The van der Waals surface area contributed by atoms with Crippen molar-refractivity contribution in [3.8, 4) is 5.75 Å². The van der Waals surface area contributed by atoms with E-state index in [1.165, 1.54) is 5.56 Å². The van der Waals surface area contributed by atoms with Crippen molar-refractivity contribution in [3.63, 3.8) is 0 Å². The van der Waals surface area contributed by atoms with Crippen molar-refractivity contribution in [2.24, 2.45) is 0 Å². The predicted molar refractivity (Wildman–Crippen MR) is 91.0 cm³/mol. The van der Waals surface area contributed by atoms with Gasteiger partial charge in [-0.2, -0.15) is 0 Å². The normalized spacial score (nSPS) is 17.8. The van der Waals surface area contributed by atoms with Crippen LogP contribution in [-0.4, -0.2) is 35.7 Å². The maximum absolute atomic E-state index is 12.2. The van der Waals surface area contributed by atoms with Crippen LogP contribution < -0.4 is 10.1 Å². The van der Waals surface area contributed by atoms with Crippen LogP contribution in [0.15, 0.2) is 34.9 Å². The molecule has 2 heterocycles. The Hall–Kier alpha value is -2.34. The Kier molecular flexibility index (Phi) is 5.15. The molecular weight excluding hydrogens is 306 g/mol. The number of ether oxygens (including phenoxy) is 1. The van der Waals surface area contributed by atoms with Crippen LogP contribution in [0.3, 0.4) is 0 Å². The fourth-order valence-electron chi connectivity index (χ4n) is 3.13. The Labute approximate surface area is 141 Å². The van der Waals surface area contributed by atoms with Gasteiger partial charge >= 0.3 is 0 Å². The van der Waals surface area contributed by atoms with Gasteiger partial charge < -0.3 is 9.26 Å². The average Bonchev–Trinajstić information content (AvgIpc) is 3.17. The monoisotopic (exact) mass is 329 g/mol. The molecule has 128 valence electrons. The number of rotatable bonds is 6. The number of nitrogens with zero attached hydrogens (tertiary/aromatic N) is 2. The zero-order valence-electron chi connectivity index (χ0n) is 14.1. The molecule has 3 rings (SSSR count). The van der Waals surface area contributed by atoms with Gasteiger partial charge in [0.1, 0.15) is 5.75 Å². The first-order valence-electron chi connectivity index (χ1n) is 8.35. The molecule has 6 heteroatoms. The largest absolute Gasteiger partial charge is 0.494 e. The highest BCUT2D eigenvalue weighted by Gasteiger charge is 2.27. The Bertz CT molecular complexity index is 681. The van der Waals surface area contributed by atoms with Crippen molar-refractivity contribution in [3.05, 3.63) is 41.6 Å².